The largest absolute Gasteiger partial charge is 0.369 e. The van der Waals surface area contributed by atoms with E-state index in [2.05, 4.69) is 76.5 Å². The van der Waals surface area contributed by atoms with Crippen LogP contribution >= 0.6 is 23.4 Å². The van der Waals surface area contributed by atoms with E-state index in [1.54, 1.807) is 22.5 Å². The molecule has 0 saturated carbocycles. The van der Waals surface area contributed by atoms with Gasteiger partial charge in [-0.15, -0.1) is 11.8 Å². The van der Waals surface area contributed by atoms with Gasteiger partial charge in [-0.05, 0) is 67.6 Å². The van der Waals surface area contributed by atoms with Gasteiger partial charge in [0, 0.05) is 70.2 Å². The number of anilines is 3. The molecule has 0 spiro atoms. The summed E-state index contributed by atoms with van der Waals surface area (Å²) >= 11 is 8.41. The van der Waals surface area contributed by atoms with Crippen molar-refractivity contribution in [3.05, 3.63) is 99.5 Å². The number of likely N-dealkylation sites (N-methyl/N-ethyl adjacent to an activating group) is 1. The summed E-state index contributed by atoms with van der Waals surface area (Å²) in [4.78, 5) is 29.5. The molecule has 2 aromatic carbocycles. The first-order chi connectivity index (χ1) is 20.5. The van der Waals surface area contributed by atoms with E-state index in [-0.39, 0.29) is 5.56 Å². The Morgan fingerprint density at radius 3 is 2.60 bits per heavy atom. The summed E-state index contributed by atoms with van der Waals surface area (Å²) in [5.41, 5.74) is 5.02. The third-order valence-corrected chi connectivity index (χ3v) is 9.21. The first-order valence-electron chi connectivity index (χ1n) is 14.5. The number of nitrogens with zero attached hydrogens (tertiary/aromatic N) is 5. The predicted molar refractivity (Wildman–Crippen MR) is 176 cm³/mol. The molecule has 0 atom stereocenters. The molecule has 0 bridgehead atoms. The quantitative estimate of drug-likeness (QED) is 0.225. The molecule has 0 radical (unpaired) electrons. The highest BCUT2D eigenvalue weighted by Crippen LogP contribution is 2.31. The number of halogens is 1. The highest BCUT2D eigenvalue weighted by atomic mass is 35.5. The Labute approximate surface area is 255 Å². The van der Waals surface area contributed by atoms with Crippen molar-refractivity contribution in [2.75, 3.05) is 49.2 Å². The molecule has 42 heavy (non-hydrogen) atoms. The maximum Gasteiger partial charge on any atom is 0.260 e. The van der Waals surface area contributed by atoms with Gasteiger partial charge in [0.1, 0.15) is 5.65 Å². The summed E-state index contributed by atoms with van der Waals surface area (Å²) < 4.78 is 1.77. The summed E-state index contributed by atoms with van der Waals surface area (Å²) in [5, 5.41) is 4.85. The molecule has 1 aliphatic carbocycles. The average molecular weight is 599 g/mol. The summed E-state index contributed by atoms with van der Waals surface area (Å²) in [5.74, 6) is 1.39. The molecular formula is C33H35ClN6OS. The van der Waals surface area contributed by atoms with Crippen molar-refractivity contribution in [2.24, 2.45) is 0 Å². The minimum atomic E-state index is -0.111. The zero-order chi connectivity index (χ0) is 29.1. The normalized spacial score (nSPS) is 15.9. The number of aromatic nitrogens is 3. The Kier molecular flexibility index (Phi) is 8.65. The predicted octanol–water partition coefficient (Wildman–Crippen LogP) is 6.75. The van der Waals surface area contributed by atoms with Crippen LogP contribution in [0.1, 0.15) is 30.9 Å². The first-order valence-corrected chi connectivity index (χ1v) is 15.8. The number of allylic oxidation sites excluding steroid dienone is 4. The van der Waals surface area contributed by atoms with Gasteiger partial charge in [0.2, 0.25) is 5.95 Å². The minimum Gasteiger partial charge on any atom is -0.369 e. The van der Waals surface area contributed by atoms with Gasteiger partial charge >= 0.3 is 0 Å². The number of nitrogens with one attached hydrogen (secondary N) is 1. The van der Waals surface area contributed by atoms with Crippen molar-refractivity contribution in [1.82, 2.24) is 19.4 Å². The average Bonchev–Trinajstić information content (AvgIpc) is 3.01. The Balaban J connectivity index is 1.37. The fraction of sp³-hybridized carbons (Fsp3) is 0.303. The number of hydrogen-bond donors (Lipinski definition) is 1. The molecule has 1 aliphatic heterocycles. The van der Waals surface area contributed by atoms with Crippen molar-refractivity contribution < 1.29 is 0 Å². The molecule has 0 amide bonds. The Bertz CT molecular complexity index is 1710. The highest BCUT2D eigenvalue weighted by Gasteiger charge is 2.19. The Morgan fingerprint density at radius 2 is 1.83 bits per heavy atom. The monoisotopic (exact) mass is 598 g/mol. The van der Waals surface area contributed by atoms with Crippen LogP contribution in [-0.2, 0) is 6.54 Å². The molecule has 2 aliphatic rings. The Morgan fingerprint density at radius 1 is 1.05 bits per heavy atom. The molecule has 4 aromatic rings. The highest BCUT2D eigenvalue weighted by molar-refractivity contribution is 7.99. The van der Waals surface area contributed by atoms with Gasteiger partial charge in [-0.1, -0.05) is 48.9 Å². The van der Waals surface area contributed by atoms with Crippen molar-refractivity contribution in [3.63, 3.8) is 0 Å². The van der Waals surface area contributed by atoms with Crippen molar-refractivity contribution >= 4 is 57.3 Å². The molecule has 7 nitrogen and oxygen atoms in total. The molecule has 1 fully saturated rings. The van der Waals surface area contributed by atoms with Gasteiger partial charge < -0.3 is 15.1 Å². The maximum atomic E-state index is 14.1. The lowest BCUT2D eigenvalue weighted by Crippen LogP contribution is -2.44. The van der Waals surface area contributed by atoms with E-state index in [1.807, 2.05) is 24.3 Å². The van der Waals surface area contributed by atoms with Crippen molar-refractivity contribution in [3.8, 4) is 0 Å². The summed E-state index contributed by atoms with van der Waals surface area (Å²) in [6.07, 6.45) is 7.42. The van der Waals surface area contributed by atoms with E-state index in [1.165, 1.54) is 5.69 Å². The van der Waals surface area contributed by atoms with Crippen LogP contribution < -0.4 is 15.8 Å². The molecule has 1 N–H and O–H groups in total. The summed E-state index contributed by atoms with van der Waals surface area (Å²) in [7, 11) is 2.16. The number of rotatable bonds is 8. The second-order valence-corrected chi connectivity index (χ2v) is 12.4. The second kappa shape index (κ2) is 12.7. The third-order valence-electron chi connectivity index (χ3n) is 7.82. The number of pyridine rings is 1. The number of hydrogen-bond acceptors (Lipinski definition) is 7. The molecule has 0 unspecified atom stereocenters. The van der Waals surface area contributed by atoms with Crippen LogP contribution in [0.15, 0.2) is 87.7 Å². The van der Waals surface area contributed by atoms with Crippen LogP contribution in [0.3, 0.4) is 0 Å². The van der Waals surface area contributed by atoms with Gasteiger partial charge in [-0.25, -0.2) is 4.98 Å². The fourth-order valence-corrected chi connectivity index (χ4v) is 6.56. The second-order valence-electron chi connectivity index (χ2n) is 10.7. The van der Waals surface area contributed by atoms with Crippen LogP contribution in [-0.4, -0.2) is 58.4 Å². The lowest BCUT2D eigenvalue weighted by atomic mass is 9.99. The SMILES string of the molecule is CCSc1ccccc1Cn1c(=O)c(C2=C(Cl)CCC=C2)cc2cnc(Nc3ccc(N4CCN(C)CC4)cc3)nc21. The maximum absolute atomic E-state index is 14.1. The molecule has 2 aromatic heterocycles. The zero-order valence-electron chi connectivity index (χ0n) is 24.0. The summed E-state index contributed by atoms with van der Waals surface area (Å²) in [6.45, 7) is 6.71. The van der Waals surface area contributed by atoms with Crippen LogP contribution in [0.4, 0.5) is 17.3 Å². The van der Waals surface area contributed by atoms with E-state index in [9.17, 15) is 4.79 Å². The topological polar surface area (TPSA) is 66.3 Å². The third kappa shape index (κ3) is 6.11. The minimum absolute atomic E-state index is 0.111. The van der Waals surface area contributed by atoms with E-state index in [0.717, 1.165) is 71.9 Å². The van der Waals surface area contributed by atoms with Crippen LogP contribution in [0.5, 0.6) is 0 Å². The van der Waals surface area contributed by atoms with Crippen molar-refractivity contribution in [2.45, 2.75) is 31.2 Å². The van der Waals surface area contributed by atoms with Gasteiger partial charge in [0.15, 0.2) is 0 Å². The van der Waals surface area contributed by atoms with E-state index >= 15 is 0 Å². The van der Waals surface area contributed by atoms with E-state index < -0.39 is 0 Å². The van der Waals surface area contributed by atoms with Crippen LogP contribution in [0.25, 0.3) is 16.6 Å². The number of piperazine rings is 1. The number of thioether (sulfide) groups is 1. The molecule has 6 rings (SSSR count). The van der Waals surface area contributed by atoms with Crippen LogP contribution in [0.2, 0.25) is 0 Å². The van der Waals surface area contributed by atoms with Crippen LogP contribution in [0, 0.1) is 0 Å². The molecular weight excluding hydrogens is 564 g/mol. The molecule has 216 valence electrons. The molecule has 1 saturated heterocycles. The summed E-state index contributed by atoms with van der Waals surface area (Å²) in [6, 6.07) is 18.5. The lowest BCUT2D eigenvalue weighted by Gasteiger charge is -2.34. The van der Waals surface area contributed by atoms with E-state index in [4.69, 9.17) is 16.6 Å². The van der Waals surface area contributed by atoms with Crippen molar-refractivity contribution in [1.29, 1.82) is 0 Å². The van der Waals surface area contributed by atoms with Gasteiger partial charge in [-0.2, -0.15) is 4.98 Å². The fourth-order valence-electron chi connectivity index (χ4n) is 5.48. The van der Waals surface area contributed by atoms with E-state index in [0.29, 0.717) is 28.7 Å². The first kappa shape index (κ1) is 28.5. The number of fused-ring (bicyclic) bond motifs is 1. The standard InChI is InChI=1S/C33H35ClN6OS/c1-3-42-30-11-7-4-8-23(30)22-40-31-24(20-28(32(40)41)27-9-5-6-10-29(27)34)21-35-33(37-31)36-25-12-14-26(15-13-25)39-18-16-38(2)17-19-39/h4-5,7-9,11-15,20-21H,3,6,10,16-19,22H2,1-2H3,(H,35,36,37). The zero-order valence-corrected chi connectivity index (χ0v) is 25.6. The lowest BCUT2D eigenvalue weighted by molar-refractivity contribution is 0.313. The number of benzene rings is 2. The van der Waals surface area contributed by atoms with Gasteiger partial charge in [0.25, 0.3) is 5.56 Å². The van der Waals surface area contributed by atoms with Gasteiger partial charge in [0.05, 0.1) is 6.54 Å². The Hall–Kier alpha value is -3.59. The smallest absolute Gasteiger partial charge is 0.260 e. The molecule has 9 heteroatoms. The molecule has 3 heterocycles. The van der Waals surface area contributed by atoms with Gasteiger partial charge in [-0.3, -0.25) is 9.36 Å².